The summed E-state index contributed by atoms with van der Waals surface area (Å²) in [6.45, 7) is 0. The standard InChI is InChI=1S/C60H38N2S/c1-3-17-50-40(11-1)23-24-42-25-26-45(37-56(42)50)44-14-10-15-47(36-44)61(49-32-34-54-55-33-29-41-12-2-4-18-51(41)60(55)63-59(54)38-49)46-30-27-39(28-31-46)43-13-9-16-48(35-43)62-57-21-7-5-19-52(57)53-20-6-8-22-58(53)62/h1-38H. The summed E-state index contributed by atoms with van der Waals surface area (Å²) in [4.78, 5) is 2.42. The fourth-order valence-electron chi connectivity index (χ4n) is 9.91. The van der Waals surface area contributed by atoms with E-state index in [9.17, 15) is 0 Å². The van der Waals surface area contributed by atoms with Crippen LogP contribution in [0.25, 0.3) is 102 Å². The van der Waals surface area contributed by atoms with E-state index in [1.54, 1.807) is 0 Å². The van der Waals surface area contributed by atoms with Crippen LogP contribution < -0.4 is 4.90 Å². The Hall–Kier alpha value is -7.98. The summed E-state index contributed by atoms with van der Waals surface area (Å²) in [6.07, 6.45) is 0. The van der Waals surface area contributed by atoms with Crippen LogP contribution in [0.4, 0.5) is 17.1 Å². The van der Waals surface area contributed by atoms with Crippen molar-refractivity contribution in [3.63, 3.8) is 0 Å². The number of thiophene rings is 1. The van der Waals surface area contributed by atoms with E-state index in [4.69, 9.17) is 0 Å². The summed E-state index contributed by atoms with van der Waals surface area (Å²) in [5.74, 6) is 0. The normalized spacial score (nSPS) is 11.8. The molecule has 0 unspecified atom stereocenters. The molecule has 0 fully saturated rings. The molecular formula is C60H38N2S. The second-order valence-electron chi connectivity index (χ2n) is 16.5. The Morgan fingerprint density at radius 3 is 1.62 bits per heavy atom. The maximum Gasteiger partial charge on any atom is 0.0541 e. The summed E-state index contributed by atoms with van der Waals surface area (Å²) in [7, 11) is 0. The van der Waals surface area contributed by atoms with E-state index in [1.165, 1.54) is 96.5 Å². The van der Waals surface area contributed by atoms with E-state index in [1.807, 2.05) is 11.3 Å². The second kappa shape index (κ2) is 14.3. The minimum atomic E-state index is 1.10. The molecule has 0 aliphatic rings. The number of nitrogens with zero attached hydrogens (tertiary/aromatic N) is 2. The van der Waals surface area contributed by atoms with Crippen LogP contribution in [-0.2, 0) is 0 Å². The van der Waals surface area contributed by atoms with Crippen LogP contribution in [0.5, 0.6) is 0 Å². The number of aromatic nitrogens is 1. The van der Waals surface area contributed by atoms with Gasteiger partial charge in [0.15, 0.2) is 0 Å². The quantitative estimate of drug-likeness (QED) is 0.152. The molecule has 0 bridgehead atoms. The first-order valence-electron chi connectivity index (χ1n) is 21.6. The van der Waals surface area contributed by atoms with Crippen LogP contribution in [0, 0.1) is 0 Å². The first-order chi connectivity index (χ1) is 31.2. The van der Waals surface area contributed by atoms with Crippen LogP contribution >= 0.6 is 11.3 Å². The molecule has 63 heavy (non-hydrogen) atoms. The molecule has 0 aliphatic carbocycles. The van der Waals surface area contributed by atoms with E-state index >= 15 is 0 Å². The third kappa shape index (κ3) is 5.85. The molecule has 2 aromatic heterocycles. The van der Waals surface area contributed by atoms with Crippen LogP contribution in [0.2, 0.25) is 0 Å². The predicted molar refractivity (Wildman–Crippen MR) is 272 cm³/mol. The molecule has 0 saturated heterocycles. The topological polar surface area (TPSA) is 8.17 Å². The first-order valence-corrected chi connectivity index (χ1v) is 22.4. The van der Waals surface area contributed by atoms with E-state index < -0.39 is 0 Å². The van der Waals surface area contributed by atoms with Gasteiger partial charge in [0.05, 0.1) is 11.0 Å². The number of rotatable bonds is 6. The monoisotopic (exact) mass is 818 g/mol. The maximum atomic E-state index is 2.42. The molecule has 11 aromatic carbocycles. The Labute approximate surface area is 368 Å². The fourth-order valence-corrected chi connectivity index (χ4v) is 11.2. The minimum absolute atomic E-state index is 1.10. The van der Waals surface area contributed by atoms with Gasteiger partial charge >= 0.3 is 0 Å². The average molecular weight is 819 g/mol. The third-order valence-electron chi connectivity index (χ3n) is 12.9. The number of fused-ring (bicyclic) bond motifs is 11. The van der Waals surface area contributed by atoms with E-state index in [-0.39, 0.29) is 0 Å². The number of anilines is 3. The van der Waals surface area contributed by atoms with Gasteiger partial charge in [-0.1, -0.05) is 164 Å². The summed E-state index contributed by atoms with van der Waals surface area (Å²) < 4.78 is 5.01. The van der Waals surface area contributed by atoms with E-state index in [0.717, 1.165) is 22.7 Å². The number of benzene rings is 11. The fraction of sp³-hybridized carbons (Fsp3) is 0. The molecule has 3 heteroatoms. The molecule has 294 valence electrons. The zero-order chi connectivity index (χ0) is 41.4. The molecule has 0 aliphatic heterocycles. The van der Waals surface area contributed by atoms with Gasteiger partial charge in [0.1, 0.15) is 0 Å². The van der Waals surface area contributed by atoms with Gasteiger partial charge in [-0.2, -0.15) is 0 Å². The highest BCUT2D eigenvalue weighted by atomic mass is 32.1. The minimum Gasteiger partial charge on any atom is -0.310 e. The highest BCUT2D eigenvalue weighted by Gasteiger charge is 2.18. The largest absolute Gasteiger partial charge is 0.310 e. The second-order valence-corrected chi connectivity index (χ2v) is 17.6. The third-order valence-corrected chi connectivity index (χ3v) is 14.1. The number of para-hydroxylation sites is 2. The van der Waals surface area contributed by atoms with E-state index in [2.05, 4.69) is 240 Å². The number of hydrogen-bond acceptors (Lipinski definition) is 2. The highest BCUT2D eigenvalue weighted by Crippen LogP contribution is 2.44. The molecule has 2 nitrogen and oxygen atoms in total. The van der Waals surface area contributed by atoms with Crippen LogP contribution in [0.3, 0.4) is 0 Å². The molecule has 13 aromatic rings. The molecule has 0 amide bonds. The molecule has 0 N–H and O–H groups in total. The van der Waals surface area contributed by atoms with Gasteiger partial charge < -0.3 is 9.47 Å². The van der Waals surface area contributed by atoms with Crippen molar-refractivity contribution in [3.05, 3.63) is 231 Å². The van der Waals surface area contributed by atoms with Gasteiger partial charge in [-0.15, -0.1) is 11.3 Å². The lowest BCUT2D eigenvalue weighted by Crippen LogP contribution is -2.10. The van der Waals surface area contributed by atoms with Crippen molar-refractivity contribution in [1.29, 1.82) is 0 Å². The predicted octanol–water partition coefficient (Wildman–Crippen LogP) is 17.4. The van der Waals surface area contributed by atoms with Crippen LogP contribution in [0.15, 0.2) is 231 Å². The Balaban J connectivity index is 0.939. The van der Waals surface area contributed by atoms with Gasteiger partial charge in [0, 0.05) is 53.7 Å². The van der Waals surface area contributed by atoms with Gasteiger partial charge in [0.2, 0.25) is 0 Å². The van der Waals surface area contributed by atoms with E-state index in [0.29, 0.717) is 0 Å². The Kier molecular flexibility index (Phi) is 8.12. The zero-order valence-corrected chi connectivity index (χ0v) is 35.1. The van der Waals surface area contributed by atoms with Crippen molar-refractivity contribution < 1.29 is 0 Å². The van der Waals surface area contributed by atoms with Crippen molar-refractivity contribution in [2.75, 3.05) is 4.90 Å². The lowest BCUT2D eigenvalue weighted by atomic mass is 9.97. The van der Waals surface area contributed by atoms with Crippen molar-refractivity contribution >= 4 is 103 Å². The van der Waals surface area contributed by atoms with Crippen molar-refractivity contribution in [3.8, 4) is 27.9 Å². The van der Waals surface area contributed by atoms with Crippen molar-refractivity contribution in [1.82, 2.24) is 4.57 Å². The SMILES string of the molecule is c1cc(-c2ccc3ccc4ccccc4c3c2)cc(N(c2ccc(-c3cccc(-n4c5ccccc5c5ccccc54)c3)cc2)c2ccc3c(c2)sc2c4ccccc4ccc32)c1. The molecule has 2 heterocycles. The van der Waals surface area contributed by atoms with Gasteiger partial charge in [0.25, 0.3) is 0 Å². The van der Waals surface area contributed by atoms with Gasteiger partial charge in [-0.25, -0.2) is 0 Å². The Morgan fingerprint density at radius 1 is 0.302 bits per heavy atom. The summed E-state index contributed by atoms with van der Waals surface area (Å²) in [6, 6.07) is 84.8. The first kappa shape index (κ1) is 35.7. The zero-order valence-electron chi connectivity index (χ0n) is 34.2. The van der Waals surface area contributed by atoms with Gasteiger partial charge in [-0.05, 0) is 121 Å². The highest BCUT2D eigenvalue weighted by molar-refractivity contribution is 7.26. The lowest BCUT2D eigenvalue weighted by Gasteiger charge is -2.26. The smallest absolute Gasteiger partial charge is 0.0541 e. The summed E-state index contributed by atoms with van der Waals surface area (Å²) in [5, 5.41) is 12.8. The Morgan fingerprint density at radius 2 is 0.841 bits per heavy atom. The van der Waals surface area contributed by atoms with Crippen LogP contribution in [0.1, 0.15) is 0 Å². The summed E-state index contributed by atoms with van der Waals surface area (Å²) in [5.41, 5.74) is 11.6. The van der Waals surface area contributed by atoms with Crippen LogP contribution in [-0.4, -0.2) is 4.57 Å². The van der Waals surface area contributed by atoms with Crippen molar-refractivity contribution in [2.45, 2.75) is 0 Å². The van der Waals surface area contributed by atoms with Crippen molar-refractivity contribution in [2.24, 2.45) is 0 Å². The van der Waals surface area contributed by atoms with Gasteiger partial charge in [-0.3, -0.25) is 0 Å². The molecule has 0 spiro atoms. The molecule has 0 saturated carbocycles. The molecule has 0 atom stereocenters. The lowest BCUT2D eigenvalue weighted by molar-refractivity contribution is 1.18. The average Bonchev–Trinajstić information content (AvgIpc) is 3.90. The molecule has 13 rings (SSSR count). The summed E-state index contributed by atoms with van der Waals surface area (Å²) >= 11 is 1.89. The number of hydrogen-bond donors (Lipinski definition) is 0. The maximum absolute atomic E-state index is 2.42. The molecule has 0 radical (unpaired) electrons. The molecular weight excluding hydrogens is 781 g/mol. The Bertz CT molecular complexity index is 3870.